The predicted molar refractivity (Wildman–Crippen MR) is 89.1 cm³/mol. The lowest BCUT2D eigenvalue weighted by molar-refractivity contribution is 0.153. The molecule has 1 atom stereocenters. The molecule has 1 rings (SSSR count). The first-order chi connectivity index (χ1) is 9.39. The van der Waals surface area contributed by atoms with Gasteiger partial charge in [-0.15, -0.1) is 0 Å². The van der Waals surface area contributed by atoms with Crippen LogP contribution in [0.1, 0.15) is 59.1 Å². The normalized spacial score (nSPS) is 14.0. The van der Waals surface area contributed by atoms with Crippen molar-refractivity contribution in [1.82, 2.24) is 10.2 Å². The third kappa shape index (κ3) is 5.26. The second-order valence-electron chi connectivity index (χ2n) is 6.69. The maximum Gasteiger partial charge on any atom is 0.0472 e. The molecule has 0 spiro atoms. The zero-order chi connectivity index (χ0) is 15.2. The first-order valence-corrected chi connectivity index (χ1v) is 7.91. The van der Waals surface area contributed by atoms with Crippen molar-refractivity contribution >= 4 is 0 Å². The molecule has 20 heavy (non-hydrogen) atoms. The molecular formula is C18H32N2. The van der Waals surface area contributed by atoms with Gasteiger partial charge < -0.3 is 5.32 Å². The largest absolute Gasteiger partial charge is 0.310 e. The van der Waals surface area contributed by atoms with Crippen LogP contribution in [-0.4, -0.2) is 30.1 Å². The van der Waals surface area contributed by atoms with E-state index in [1.54, 1.807) is 0 Å². The number of rotatable bonds is 7. The number of benzene rings is 1. The van der Waals surface area contributed by atoms with Crippen LogP contribution < -0.4 is 5.32 Å². The summed E-state index contributed by atoms with van der Waals surface area (Å²) < 4.78 is 0. The molecule has 1 aromatic carbocycles. The molecule has 0 radical (unpaired) electrons. The SMILES string of the molecule is CCC(CC)N(C)C(CNC(C)(C)C)c1ccccc1. The molecule has 0 saturated heterocycles. The summed E-state index contributed by atoms with van der Waals surface area (Å²) in [4.78, 5) is 2.54. The van der Waals surface area contributed by atoms with Crippen molar-refractivity contribution in [2.45, 2.75) is 65.1 Å². The predicted octanol–water partition coefficient (Wildman–Crippen LogP) is 4.24. The highest BCUT2D eigenvalue weighted by Crippen LogP contribution is 2.23. The van der Waals surface area contributed by atoms with Crippen LogP contribution in [0.3, 0.4) is 0 Å². The lowest BCUT2D eigenvalue weighted by atomic mass is 10.00. The minimum atomic E-state index is 0.155. The lowest BCUT2D eigenvalue weighted by Gasteiger charge is -2.36. The van der Waals surface area contributed by atoms with Gasteiger partial charge in [-0.25, -0.2) is 0 Å². The van der Waals surface area contributed by atoms with Gasteiger partial charge in [0, 0.05) is 24.2 Å². The Bertz CT molecular complexity index is 363. The average Bonchev–Trinajstić information content (AvgIpc) is 2.40. The van der Waals surface area contributed by atoms with E-state index in [-0.39, 0.29) is 5.54 Å². The van der Waals surface area contributed by atoms with Crippen LogP contribution >= 0.6 is 0 Å². The van der Waals surface area contributed by atoms with Gasteiger partial charge in [0.25, 0.3) is 0 Å². The highest BCUT2D eigenvalue weighted by atomic mass is 15.2. The zero-order valence-electron chi connectivity index (χ0n) is 14.1. The Labute approximate surface area is 125 Å². The fraction of sp³-hybridized carbons (Fsp3) is 0.667. The Morgan fingerprint density at radius 1 is 1.05 bits per heavy atom. The first kappa shape index (κ1) is 17.2. The van der Waals surface area contributed by atoms with Crippen LogP contribution in [0.4, 0.5) is 0 Å². The van der Waals surface area contributed by atoms with E-state index in [0.717, 1.165) is 6.54 Å². The maximum atomic E-state index is 3.66. The van der Waals surface area contributed by atoms with Crippen LogP contribution in [0.15, 0.2) is 30.3 Å². The summed E-state index contributed by atoms with van der Waals surface area (Å²) in [5.41, 5.74) is 1.56. The Morgan fingerprint density at radius 2 is 1.60 bits per heavy atom. The molecule has 0 saturated carbocycles. The molecular weight excluding hydrogens is 244 g/mol. The standard InChI is InChI=1S/C18H32N2/c1-7-16(8-2)20(6)17(14-19-18(3,4)5)15-12-10-9-11-13-15/h9-13,16-17,19H,7-8,14H2,1-6H3. The van der Waals surface area contributed by atoms with Gasteiger partial charge in [-0.3, -0.25) is 4.90 Å². The minimum absolute atomic E-state index is 0.155. The van der Waals surface area contributed by atoms with Gasteiger partial charge in [0.05, 0.1) is 0 Å². The Balaban J connectivity index is 2.89. The van der Waals surface area contributed by atoms with Gasteiger partial charge in [0.15, 0.2) is 0 Å². The van der Waals surface area contributed by atoms with Crippen molar-refractivity contribution in [1.29, 1.82) is 0 Å². The van der Waals surface area contributed by atoms with Crippen molar-refractivity contribution in [3.05, 3.63) is 35.9 Å². The van der Waals surface area contributed by atoms with E-state index in [0.29, 0.717) is 12.1 Å². The third-order valence-corrected chi connectivity index (χ3v) is 4.02. The third-order valence-electron chi connectivity index (χ3n) is 4.02. The molecule has 2 nitrogen and oxygen atoms in total. The average molecular weight is 276 g/mol. The molecule has 0 aliphatic rings. The van der Waals surface area contributed by atoms with Gasteiger partial charge in [0.1, 0.15) is 0 Å². The molecule has 1 unspecified atom stereocenters. The van der Waals surface area contributed by atoms with Gasteiger partial charge in [-0.1, -0.05) is 44.2 Å². The Morgan fingerprint density at radius 3 is 2.05 bits per heavy atom. The highest BCUT2D eigenvalue weighted by Gasteiger charge is 2.23. The Hall–Kier alpha value is -0.860. The molecule has 0 heterocycles. The second-order valence-corrected chi connectivity index (χ2v) is 6.69. The van der Waals surface area contributed by atoms with E-state index in [9.17, 15) is 0 Å². The molecule has 114 valence electrons. The number of nitrogens with zero attached hydrogens (tertiary/aromatic N) is 1. The molecule has 0 fully saturated rings. The summed E-state index contributed by atoms with van der Waals surface area (Å²) in [6, 6.07) is 11.9. The lowest BCUT2D eigenvalue weighted by Crippen LogP contribution is -2.44. The molecule has 1 aromatic rings. The van der Waals surface area contributed by atoms with E-state index in [1.807, 2.05) is 0 Å². The van der Waals surface area contributed by atoms with Gasteiger partial charge >= 0.3 is 0 Å². The molecule has 0 aromatic heterocycles. The summed E-state index contributed by atoms with van der Waals surface area (Å²) in [6.07, 6.45) is 2.40. The summed E-state index contributed by atoms with van der Waals surface area (Å²) in [5.74, 6) is 0. The van der Waals surface area contributed by atoms with Crippen molar-refractivity contribution in [3.63, 3.8) is 0 Å². The molecule has 0 aliphatic heterocycles. The van der Waals surface area contributed by atoms with Crippen LogP contribution in [0, 0.1) is 0 Å². The maximum absolute atomic E-state index is 3.66. The van der Waals surface area contributed by atoms with Crippen molar-refractivity contribution < 1.29 is 0 Å². The fourth-order valence-electron chi connectivity index (χ4n) is 2.69. The minimum Gasteiger partial charge on any atom is -0.310 e. The molecule has 0 bridgehead atoms. The first-order valence-electron chi connectivity index (χ1n) is 7.91. The molecule has 0 aliphatic carbocycles. The van der Waals surface area contributed by atoms with E-state index in [2.05, 4.69) is 82.2 Å². The van der Waals surface area contributed by atoms with E-state index in [1.165, 1.54) is 18.4 Å². The monoisotopic (exact) mass is 276 g/mol. The van der Waals surface area contributed by atoms with Gasteiger partial charge in [0.2, 0.25) is 0 Å². The second kappa shape index (κ2) is 7.80. The number of hydrogen-bond donors (Lipinski definition) is 1. The molecule has 1 N–H and O–H groups in total. The zero-order valence-corrected chi connectivity index (χ0v) is 14.1. The van der Waals surface area contributed by atoms with Gasteiger partial charge in [-0.2, -0.15) is 0 Å². The van der Waals surface area contributed by atoms with Crippen LogP contribution in [0.5, 0.6) is 0 Å². The van der Waals surface area contributed by atoms with Crippen molar-refractivity contribution in [2.75, 3.05) is 13.6 Å². The van der Waals surface area contributed by atoms with Crippen LogP contribution in [0.25, 0.3) is 0 Å². The summed E-state index contributed by atoms with van der Waals surface area (Å²) in [7, 11) is 2.26. The van der Waals surface area contributed by atoms with E-state index in [4.69, 9.17) is 0 Å². The number of likely N-dealkylation sites (N-methyl/N-ethyl adjacent to an activating group) is 1. The fourth-order valence-corrected chi connectivity index (χ4v) is 2.69. The summed E-state index contributed by atoms with van der Waals surface area (Å²) in [5, 5.41) is 3.66. The summed E-state index contributed by atoms with van der Waals surface area (Å²) >= 11 is 0. The Kier molecular flexibility index (Phi) is 6.70. The number of hydrogen-bond acceptors (Lipinski definition) is 2. The number of nitrogens with one attached hydrogen (secondary N) is 1. The van der Waals surface area contributed by atoms with Crippen molar-refractivity contribution in [3.8, 4) is 0 Å². The molecule has 0 amide bonds. The van der Waals surface area contributed by atoms with Gasteiger partial charge in [-0.05, 0) is 46.2 Å². The topological polar surface area (TPSA) is 15.3 Å². The van der Waals surface area contributed by atoms with E-state index >= 15 is 0 Å². The van der Waals surface area contributed by atoms with Crippen LogP contribution in [0.2, 0.25) is 0 Å². The smallest absolute Gasteiger partial charge is 0.0472 e. The quantitative estimate of drug-likeness (QED) is 0.801. The van der Waals surface area contributed by atoms with E-state index < -0.39 is 0 Å². The highest BCUT2D eigenvalue weighted by molar-refractivity contribution is 5.19. The van der Waals surface area contributed by atoms with Crippen molar-refractivity contribution in [2.24, 2.45) is 0 Å². The molecule has 2 heteroatoms. The summed E-state index contributed by atoms with van der Waals surface area (Å²) in [6.45, 7) is 12.2. The van der Waals surface area contributed by atoms with Crippen LogP contribution in [-0.2, 0) is 0 Å².